The van der Waals surface area contributed by atoms with Crippen molar-refractivity contribution in [2.75, 3.05) is 13.7 Å². The zero-order chi connectivity index (χ0) is 18.2. The molecule has 1 N–H and O–H groups in total. The molecule has 0 fully saturated rings. The summed E-state index contributed by atoms with van der Waals surface area (Å²) < 4.78 is 12.8. The SMILES string of the molecule is COCC1(C)Oc2ccc(C#N)cc2C(n2ccccc2=O)C1(C)O. The number of fused-ring (bicyclic) bond motifs is 1. The lowest BCUT2D eigenvalue weighted by Crippen LogP contribution is -2.64. The minimum Gasteiger partial charge on any atom is -0.482 e. The summed E-state index contributed by atoms with van der Waals surface area (Å²) in [5, 5.41) is 20.7. The summed E-state index contributed by atoms with van der Waals surface area (Å²) in [4.78, 5) is 12.5. The monoisotopic (exact) mass is 340 g/mol. The van der Waals surface area contributed by atoms with Gasteiger partial charge in [-0.25, -0.2) is 0 Å². The minimum atomic E-state index is -1.46. The van der Waals surface area contributed by atoms with Crippen molar-refractivity contribution in [2.45, 2.75) is 31.1 Å². The van der Waals surface area contributed by atoms with Crippen LogP contribution in [-0.2, 0) is 4.74 Å². The third-order valence-corrected chi connectivity index (χ3v) is 4.92. The van der Waals surface area contributed by atoms with E-state index in [2.05, 4.69) is 6.07 Å². The highest BCUT2D eigenvalue weighted by Gasteiger charge is 2.56. The van der Waals surface area contributed by atoms with Crippen LogP contribution in [0.4, 0.5) is 0 Å². The summed E-state index contributed by atoms with van der Waals surface area (Å²) in [6.45, 7) is 3.51. The van der Waals surface area contributed by atoms with E-state index in [1.54, 1.807) is 50.4 Å². The Hall–Kier alpha value is -2.62. The Morgan fingerprint density at radius 1 is 1.36 bits per heavy atom. The van der Waals surface area contributed by atoms with Gasteiger partial charge in [-0.3, -0.25) is 4.79 Å². The Bertz CT molecular complexity index is 897. The maximum absolute atomic E-state index is 12.5. The highest BCUT2D eigenvalue weighted by atomic mass is 16.6. The van der Waals surface area contributed by atoms with Gasteiger partial charge in [0, 0.05) is 24.9 Å². The summed E-state index contributed by atoms with van der Waals surface area (Å²) in [6.07, 6.45) is 1.63. The van der Waals surface area contributed by atoms with Crippen LogP contribution in [0, 0.1) is 11.3 Å². The van der Waals surface area contributed by atoms with Gasteiger partial charge in [0.2, 0.25) is 0 Å². The van der Waals surface area contributed by atoms with Gasteiger partial charge < -0.3 is 19.1 Å². The third kappa shape index (κ3) is 2.62. The minimum absolute atomic E-state index is 0.136. The first-order valence-electron chi connectivity index (χ1n) is 7.95. The normalized spacial score (nSPS) is 27.9. The van der Waals surface area contributed by atoms with E-state index in [1.807, 2.05) is 0 Å². The Balaban J connectivity index is 2.31. The van der Waals surface area contributed by atoms with Crippen LogP contribution in [0.15, 0.2) is 47.4 Å². The summed E-state index contributed by atoms with van der Waals surface area (Å²) in [7, 11) is 1.53. The van der Waals surface area contributed by atoms with E-state index in [0.29, 0.717) is 16.9 Å². The standard InChI is InChI=1S/C19H20N2O4/c1-18(12-24-3)19(2,23)17(21-9-5-4-6-16(21)22)14-10-13(11-20)7-8-15(14)25-18/h4-10,17,23H,12H2,1-3H3. The molecule has 0 saturated heterocycles. The lowest BCUT2D eigenvalue weighted by atomic mass is 9.74. The summed E-state index contributed by atoms with van der Waals surface area (Å²) in [5.74, 6) is 0.519. The van der Waals surface area contributed by atoms with Gasteiger partial charge in [0.1, 0.15) is 11.4 Å². The number of hydrogen-bond acceptors (Lipinski definition) is 5. The molecule has 130 valence electrons. The quantitative estimate of drug-likeness (QED) is 0.922. The van der Waals surface area contributed by atoms with Crippen molar-refractivity contribution >= 4 is 0 Å². The van der Waals surface area contributed by atoms with Crippen molar-refractivity contribution in [1.82, 2.24) is 4.57 Å². The fourth-order valence-electron chi connectivity index (χ4n) is 3.39. The Labute approximate surface area is 145 Å². The third-order valence-electron chi connectivity index (χ3n) is 4.92. The van der Waals surface area contributed by atoms with E-state index in [4.69, 9.17) is 9.47 Å². The van der Waals surface area contributed by atoms with Crippen LogP contribution < -0.4 is 10.3 Å². The van der Waals surface area contributed by atoms with Crippen LogP contribution >= 0.6 is 0 Å². The van der Waals surface area contributed by atoms with Crippen LogP contribution in [0.5, 0.6) is 5.75 Å². The molecule has 3 atom stereocenters. The van der Waals surface area contributed by atoms with E-state index in [0.717, 1.165) is 0 Å². The van der Waals surface area contributed by atoms with Crippen molar-refractivity contribution in [2.24, 2.45) is 0 Å². The van der Waals surface area contributed by atoms with Crippen LogP contribution in [-0.4, -0.2) is 34.6 Å². The molecule has 6 heteroatoms. The van der Waals surface area contributed by atoms with Gasteiger partial charge in [0.05, 0.1) is 24.3 Å². The van der Waals surface area contributed by atoms with E-state index in [1.165, 1.54) is 17.7 Å². The molecular weight excluding hydrogens is 320 g/mol. The molecule has 25 heavy (non-hydrogen) atoms. The van der Waals surface area contributed by atoms with Crippen LogP contribution in [0.1, 0.15) is 31.0 Å². The molecule has 1 aromatic carbocycles. The topological polar surface area (TPSA) is 84.5 Å². The second kappa shape index (κ2) is 6.03. The number of hydrogen-bond donors (Lipinski definition) is 1. The molecule has 0 amide bonds. The predicted molar refractivity (Wildman–Crippen MR) is 91.5 cm³/mol. The van der Waals surface area contributed by atoms with Gasteiger partial charge in [-0.2, -0.15) is 5.26 Å². The molecule has 0 saturated carbocycles. The first kappa shape index (κ1) is 17.2. The number of nitrogens with zero attached hydrogens (tertiary/aromatic N) is 2. The molecule has 3 unspecified atom stereocenters. The summed E-state index contributed by atoms with van der Waals surface area (Å²) >= 11 is 0. The molecule has 1 aliphatic rings. The highest BCUT2D eigenvalue weighted by Crippen LogP contribution is 2.48. The number of aliphatic hydroxyl groups is 1. The molecule has 1 aliphatic heterocycles. The number of methoxy groups -OCH3 is 1. The van der Waals surface area contributed by atoms with Gasteiger partial charge in [-0.15, -0.1) is 0 Å². The number of rotatable bonds is 3. The van der Waals surface area contributed by atoms with Gasteiger partial charge in [-0.05, 0) is 38.1 Å². The molecule has 0 radical (unpaired) electrons. The van der Waals surface area contributed by atoms with Crippen LogP contribution in [0.2, 0.25) is 0 Å². The molecule has 6 nitrogen and oxygen atoms in total. The molecule has 2 heterocycles. The molecule has 2 aromatic rings. The van der Waals surface area contributed by atoms with Gasteiger partial charge >= 0.3 is 0 Å². The largest absolute Gasteiger partial charge is 0.482 e. The average molecular weight is 340 g/mol. The molecule has 1 aromatic heterocycles. The Morgan fingerprint density at radius 3 is 2.76 bits per heavy atom. The molecule has 0 bridgehead atoms. The second-order valence-corrected chi connectivity index (χ2v) is 6.63. The molecular formula is C19H20N2O4. The Morgan fingerprint density at radius 2 is 2.12 bits per heavy atom. The van der Waals surface area contributed by atoms with Crippen molar-refractivity contribution in [3.05, 3.63) is 64.1 Å². The number of benzene rings is 1. The van der Waals surface area contributed by atoms with E-state index in [9.17, 15) is 15.2 Å². The average Bonchev–Trinajstić information content (AvgIpc) is 2.57. The smallest absolute Gasteiger partial charge is 0.251 e. The van der Waals surface area contributed by atoms with Crippen molar-refractivity contribution in [3.63, 3.8) is 0 Å². The van der Waals surface area contributed by atoms with Crippen molar-refractivity contribution in [1.29, 1.82) is 5.26 Å². The predicted octanol–water partition coefficient (Wildman–Crippen LogP) is 1.86. The Kier molecular flexibility index (Phi) is 4.15. The van der Waals surface area contributed by atoms with E-state index in [-0.39, 0.29) is 12.2 Å². The van der Waals surface area contributed by atoms with Crippen LogP contribution in [0.3, 0.4) is 0 Å². The van der Waals surface area contributed by atoms with Crippen molar-refractivity contribution in [3.8, 4) is 11.8 Å². The molecule has 3 rings (SSSR count). The van der Waals surface area contributed by atoms with Gasteiger partial charge in [-0.1, -0.05) is 6.07 Å². The zero-order valence-corrected chi connectivity index (χ0v) is 14.4. The lowest BCUT2D eigenvalue weighted by molar-refractivity contribution is -0.171. The molecule has 0 aliphatic carbocycles. The maximum Gasteiger partial charge on any atom is 0.251 e. The first-order valence-corrected chi connectivity index (χ1v) is 7.95. The van der Waals surface area contributed by atoms with Gasteiger partial charge in [0.25, 0.3) is 5.56 Å². The molecule has 0 spiro atoms. The van der Waals surface area contributed by atoms with E-state index < -0.39 is 17.2 Å². The highest BCUT2D eigenvalue weighted by molar-refractivity contribution is 5.48. The summed E-state index contributed by atoms with van der Waals surface area (Å²) in [6, 6.07) is 11.2. The lowest BCUT2D eigenvalue weighted by Gasteiger charge is -2.51. The summed E-state index contributed by atoms with van der Waals surface area (Å²) in [5.41, 5.74) is -1.77. The maximum atomic E-state index is 12.5. The number of pyridine rings is 1. The first-order chi connectivity index (χ1) is 11.8. The van der Waals surface area contributed by atoms with E-state index >= 15 is 0 Å². The van der Waals surface area contributed by atoms with Crippen molar-refractivity contribution < 1.29 is 14.6 Å². The fourth-order valence-corrected chi connectivity index (χ4v) is 3.39. The number of nitriles is 1. The number of ether oxygens (including phenoxy) is 2. The van der Waals surface area contributed by atoms with Gasteiger partial charge in [0.15, 0.2) is 5.60 Å². The second-order valence-electron chi connectivity index (χ2n) is 6.63. The fraction of sp³-hybridized carbons (Fsp3) is 0.368. The zero-order valence-electron chi connectivity index (χ0n) is 14.4. The number of aromatic nitrogens is 1. The van der Waals surface area contributed by atoms with Crippen LogP contribution in [0.25, 0.3) is 0 Å².